The molecule has 0 bridgehead atoms. The predicted octanol–water partition coefficient (Wildman–Crippen LogP) is 2.65. The minimum absolute atomic E-state index is 0.0805. The Morgan fingerprint density at radius 1 is 1.12 bits per heavy atom. The van der Waals surface area contributed by atoms with Crippen molar-refractivity contribution in [3.8, 4) is 0 Å². The van der Waals surface area contributed by atoms with E-state index in [4.69, 9.17) is 0 Å². The molecule has 138 valence electrons. The van der Waals surface area contributed by atoms with Crippen LogP contribution in [0.25, 0.3) is 0 Å². The lowest BCUT2D eigenvalue weighted by Crippen LogP contribution is -2.31. The van der Waals surface area contributed by atoms with E-state index in [1.54, 1.807) is 25.1 Å². The zero-order chi connectivity index (χ0) is 19.3. The summed E-state index contributed by atoms with van der Waals surface area (Å²) in [6.45, 7) is 3.26. The fourth-order valence-corrected chi connectivity index (χ4v) is 3.90. The molecule has 8 heteroatoms. The first-order chi connectivity index (χ1) is 12.3. The van der Waals surface area contributed by atoms with E-state index < -0.39 is 16.0 Å². The van der Waals surface area contributed by atoms with Gasteiger partial charge in [0, 0.05) is 19.2 Å². The Labute approximate surface area is 152 Å². The average molecular weight is 376 g/mol. The van der Waals surface area contributed by atoms with E-state index in [0.29, 0.717) is 11.4 Å². The Kier molecular flexibility index (Phi) is 5.99. The highest BCUT2D eigenvalue weighted by atomic mass is 32.2. The van der Waals surface area contributed by atoms with Gasteiger partial charge in [-0.1, -0.05) is 6.07 Å². The van der Waals surface area contributed by atoms with Gasteiger partial charge in [0.25, 0.3) is 10.0 Å². The van der Waals surface area contributed by atoms with Crippen molar-refractivity contribution in [1.29, 1.82) is 0 Å². The van der Waals surface area contributed by atoms with Gasteiger partial charge in [-0.05, 0) is 49.4 Å². The van der Waals surface area contributed by atoms with E-state index in [2.05, 4.69) is 10.1 Å². The summed E-state index contributed by atoms with van der Waals surface area (Å²) >= 11 is 0. The van der Waals surface area contributed by atoms with Gasteiger partial charge in [-0.3, -0.25) is 9.10 Å². The van der Waals surface area contributed by atoms with E-state index in [9.17, 15) is 18.0 Å². The summed E-state index contributed by atoms with van der Waals surface area (Å²) in [5, 5.41) is 2.59. The molecule has 0 aliphatic carbocycles. The van der Waals surface area contributed by atoms with Gasteiger partial charge in [-0.25, -0.2) is 13.2 Å². The van der Waals surface area contributed by atoms with Crippen molar-refractivity contribution in [1.82, 2.24) is 0 Å². The molecule has 2 rings (SSSR count). The molecule has 0 saturated heterocycles. The quantitative estimate of drug-likeness (QED) is 0.783. The highest BCUT2D eigenvalue weighted by Crippen LogP contribution is 2.25. The SMILES string of the molecule is CCN(c1cccc(C(=O)OC)c1)S(=O)(=O)c1ccc(NC(C)=O)cc1. The lowest BCUT2D eigenvalue weighted by atomic mass is 10.2. The van der Waals surface area contributed by atoms with Gasteiger partial charge >= 0.3 is 5.97 Å². The summed E-state index contributed by atoms with van der Waals surface area (Å²) < 4.78 is 31.8. The number of methoxy groups -OCH3 is 1. The van der Waals surface area contributed by atoms with Gasteiger partial charge in [-0.15, -0.1) is 0 Å². The van der Waals surface area contributed by atoms with Crippen molar-refractivity contribution in [2.45, 2.75) is 18.7 Å². The molecule has 0 spiro atoms. The minimum Gasteiger partial charge on any atom is -0.465 e. The number of hydrogen-bond acceptors (Lipinski definition) is 5. The molecule has 26 heavy (non-hydrogen) atoms. The van der Waals surface area contributed by atoms with Crippen LogP contribution in [-0.4, -0.2) is 33.9 Å². The Balaban J connectivity index is 2.39. The van der Waals surface area contributed by atoms with Crippen molar-refractivity contribution in [3.63, 3.8) is 0 Å². The van der Waals surface area contributed by atoms with Crippen LogP contribution < -0.4 is 9.62 Å². The monoisotopic (exact) mass is 376 g/mol. The number of hydrogen-bond donors (Lipinski definition) is 1. The Hall–Kier alpha value is -2.87. The molecule has 0 heterocycles. The smallest absolute Gasteiger partial charge is 0.337 e. The van der Waals surface area contributed by atoms with Gasteiger partial charge in [0.05, 0.1) is 23.3 Å². The fourth-order valence-electron chi connectivity index (χ4n) is 2.44. The second-order valence-corrected chi connectivity index (χ2v) is 7.28. The third kappa shape index (κ3) is 4.20. The number of carbonyl (C=O) groups is 2. The topological polar surface area (TPSA) is 92.8 Å². The number of carbonyl (C=O) groups excluding carboxylic acids is 2. The van der Waals surface area contributed by atoms with E-state index in [-0.39, 0.29) is 22.9 Å². The first kappa shape index (κ1) is 19.5. The normalized spacial score (nSPS) is 10.9. The lowest BCUT2D eigenvalue weighted by Gasteiger charge is -2.23. The number of nitrogens with zero attached hydrogens (tertiary/aromatic N) is 1. The summed E-state index contributed by atoms with van der Waals surface area (Å²) in [5.41, 5.74) is 1.13. The third-order valence-electron chi connectivity index (χ3n) is 3.61. The Morgan fingerprint density at radius 3 is 2.31 bits per heavy atom. The van der Waals surface area contributed by atoms with Crippen LogP contribution in [0.5, 0.6) is 0 Å². The Bertz CT molecular complexity index is 907. The number of benzene rings is 2. The van der Waals surface area contributed by atoms with E-state index in [1.165, 1.54) is 48.7 Å². The number of rotatable bonds is 6. The summed E-state index contributed by atoms with van der Waals surface area (Å²) in [7, 11) is -2.57. The molecule has 0 aliphatic rings. The van der Waals surface area contributed by atoms with Crippen molar-refractivity contribution in [2.24, 2.45) is 0 Å². The molecule has 0 saturated carbocycles. The maximum absolute atomic E-state index is 13.0. The molecular formula is C18H20N2O5S. The first-order valence-corrected chi connectivity index (χ1v) is 9.32. The molecule has 2 aromatic carbocycles. The highest BCUT2D eigenvalue weighted by molar-refractivity contribution is 7.92. The van der Waals surface area contributed by atoms with Crippen LogP contribution in [0.3, 0.4) is 0 Å². The third-order valence-corrected chi connectivity index (χ3v) is 5.52. The molecule has 0 aromatic heterocycles. The van der Waals surface area contributed by atoms with Crippen molar-refractivity contribution in [3.05, 3.63) is 54.1 Å². The minimum atomic E-state index is -3.83. The van der Waals surface area contributed by atoms with E-state index >= 15 is 0 Å². The van der Waals surface area contributed by atoms with Crippen molar-refractivity contribution < 1.29 is 22.7 Å². The largest absolute Gasteiger partial charge is 0.465 e. The van der Waals surface area contributed by atoms with Crippen LogP contribution in [-0.2, 0) is 19.6 Å². The molecule has 0 radical (unpaired) electrons. The molecule has 2 aromatic rings. The second-order valence-electron chi connectivity index (χ2n) is 5.42. The molecule has 0 aliphatic heterocycles. The average Bonchev–Trinajstić information content (AvgIpc) is 2.61. The molecule has 0 atom stereocenters. The number of ether oxygens (including phenoxy) is 1. The molecule has 0 fully saturated rings. The van der Waals surface area contributed by atoms with Crippen LogP contribution in [0.15, 0.2) is 53.4 Å². The summed E-state index contributed by atoms with van der Waals surface area (Å²) in [6.07, 6.45) is 0. The van der Waals surface area contributed by atoms with Gasteiger partial charge in [-0.2, -0.15) is 0 Å². The van der Waals surface area contributed by atoms with Gasteiger partial charge < -0.3 is 10.1 Å². The first-order valence-electron chi connectivity index (χ1n) is 7.88. The number of anilines is 2. The summed E-state index contributed by atoms with van der Waals surface area (Å²) in [4.78, 5) is 22.8. The second kappa shape index (κ2) is 8.01. The molecular weight excluding hydrogens is 356 g/mol. The van der Waals surface area contributed by atoms with Crippen LogP contribution in [0.4, 0.5) is 11.4 Å². The van der Waals surface area contributed by atoms with Crippen molar-refractivity contribution >= 4 is 33.3 Å². The molecule has 1 N–H and O–H groups in total. The van der Waals surface area contributed by atoms with E-state index in [0.717, 1.165) is 0 Å². The molecule has 1 amide bonds. The number of nitrogens with one attached hydrogen (secondary N) is 1. The van der Waals surface area contributed by atoms with Crippen LogP contribution in [0.2, 0.25) is 0 Å². The highest BCUT2D eigenvalue weighted by Gasteiger charge is 2.24. The molecule has 7 nitrogen and oxygen atoms in total. The zero-order valence-electron chi connectivity index (χ0n) is 14.7. The number of sulfonamides is 1. The Morgan fingerprint density at radius 2 is 1.77 bits per heavy atom. The number of amides is 1. The number of esters is 1. The zero-order valence-corrected chi connectivity index (χ0v) is 15.5. The van der Waals surface area contributed by atoms with Gasteiger partial charge in [0.2, 0.25) is 5.91 Å². The van der Waals surface area contributed by atoms with E-state index in [1.807, 2.05) is 0 Å². The maximum Gasteiger partial charge on any atom is 0.337 e. The van der Waals surface area contributed by atoms with Crippen LogP contribution in [0.1, 0.15) is 24.2 Å². The predicted molar refractivity (Wildman–Crippen MR) is 98.7 cm³/mol. The summed E-state index contributed by atoms with van der Waals surface area (Å²) in [5.74, 6) is -0.782. The van der Waals surface area contributed by atoms with Gasteiger partial charge in [0.1, 0.15) is 0 Å². The fraction of sp³-hybridized carbons (Fsp3) is 0.222. The maximum atomic E-state index is 13.0. The van der Waals surface area contributed by atoms with Crippen molar-refractivity contribution in [2.75, 3.05) is 23.3 Å². The lowest BCUT2D eigenvalue weighted by molar-refractivity contribution is -0.114. The standard InChI is InChI=1S/C18H20N2O5S/c1-4-20(16-7-5-6-14(12-16)18(22)25-3)26(23,24)17-10-8-15(9-11-17)19-13(2)21/h5-12H,4H2,1-3H3,(H,19,21). The van der Waals surface area contributed by atoms with Gasteiger partial charge in [0.15, 0.2) is 0 Å². The summed E-state index contributed by atoms with van der Waals surface area (Å²) in [6, 6.07) is 12.1. The van der Waals surface area contributed by atoms with Crippen LogP contribution >= 0.6 is 0 Å². The van der Waals surface area contributed by atoms with Crippen LogP contribution in [0, 0.1) is 0 Å². The molecule has 0 unspecified atom stereocenters.